The van der Waals surface area contributed by atoms with Gasteiger partial charge in [0.2, 0.25) is 10.0 Å². The molecule has 0 aromatic rings. The van der Waals surface area contributed by atoms with Crippen LogP contribution in [0.3, 0.4) is 0 Å². The lowest BCUT2D eigenvalue weighted by Gasteiger charge is -2.17. The minimum atomic E-state index is -3.70. The van der Waals surface area contributed by atoms with Gasteiger partial charge >= 0.3 is 5.97 Å². The van der Waals surface area contributed by atoms with E-state index in [0.717, 1.165) is 6.26 Å². The Kier molecular flexibility index (Phi) is 7.67. The second kappa shape index (κ2) is 7.94. The number of carboxylic acid groups (broad SMARTS) is 1. The van der Waals surface area contributed by atoms with Crippen LogP contribution in [-0.4, -0.2) is 52.2 Å². The molecule has 0 aromatic heterocycles. The minimum Gasteiger partial charge on any atom is -0.481 e. The summed E-state index contributed by atoms with van der Waals surface area (Å²) in [7, 11) is -7.05. The van der Waals surface area contributed by atoms with E-state index in [1.54, 1.807) is 0 Å². The van der Waals surface area contributed by atoms with E-state index in [0.29, 0.717) is 6.42 Å². The van der Waals surface area contributed by atoms with Crippen LogP contribution in [0.4, 0.5) is 0 Å². The van der Waals surface area contributed by atoms with Crippen LogP contribution in [0.2, 0.25) is 0 Å². The first-order valence-electron chi connectivity index (χ1n) is 6.28. The van der Waals surface area contributed by atoms with Crippen LogP contribution < -0.4 is 4.72 Å². The van der Waals surface area contributed by atoms with Crippen LogP contribution in [0, 0.1) is 11.8 Å². The quantitative estimate of drug-likeness (QED) is 0.586. The van der Waals surface area contributed by atoms with Crippen LogP contribution in [0.15, 0.2) is 0 Å². The molecule has 0 radical (unpaired) electrons. The normalized spacial score (nSPS) is 14.4. The van der Waals surface area contributed by atoms with Crippen molar-refractivity contribution in [1.29, 1.82) is 0 Å². The average molecular weight is 329 g/mol. The van der Waals surface area contributed by atoms with Gasteiger partial charge in [-0.3, -0.25) is 4.79 Å². The molecule has 9 heteroatoms. The van der Waals surface area contributed by atoms with Crippen LogP contribution in [0.1, 0.15) is 26.7 Å². The Hall–Kier alpha value is -0.670. The summed E-state index contributed by atoms with van der Waals surface area (Å²) in [5.41, 5.74) is 0. The van der Waals surface area contributed by atoms with Crippen LogP contribution in [0.5, 0.6) is 0 Å². The molecular weight excluding hydrogens is 306 g/mol. The molecule has 0 bridgehead atoms. The second-order valence-corrected chi connectivity index (χ2v) is 9.58. The number of hydrogen-bond donors (Lipinski definition) is 2. The third-order valence-electron chi connectivity index (χ3n) is 2.58. The highest BCUT2D eigenvalue weighted by Gasteiger charge is 2.19. The average Bonchev–Trinajstić information content (AvgIpc) is 2.21. The summed E-state index contributed by atoms with van der Waals surface area (Å²) < 4.78 is 47.4. The zero-order valence-corrected chi connectivity index (χ0v) is 13.6. The fraction of sp³-hybridized carbons (Fsp3) is 0.909. The molecule has 20 heavy (non-hydrogen) atoms. The predicted octanol–water partition coefficient (Wildman–Crippen LogP) is 0.0874. The molecule has 2 N–H and O–H groups in total. The molecule has 0 unspecified atom stereocenters. The highest BCUT2D eigenvalue weighted by molar-refractivity contribution is 7.93. The molecule has 7 nitrogen and oxygen atoms in total. The molecule has 0 saturated carbocycles. The monoisotopic (exact) mass is 329 g/mol. The topological polar surface area (TPSA) is 118 Å². The van der Waals surface area contributed by atoms with Gasteiger partial charge in [0.1, 0.15) is 9.84 Å². The van der Waals surface area contributed by atoms with Crippen molar-refractivity contribution < 1.29 is 26.7 Å². The molecule has 0 aliphatic carbocycles. The molecule has 0 aliphatic heterocycles. The van der Waals surface area contributed by atoms with Crippen molar-refractivity contribution in [1.82, 2.24) is 4.72 Å². The zero-order valence-electron chi connectivity index (χ0n) is 12.0. The first-order valence-corrected chi connectivity index (χ1v) is 9.99. The molecule has 0 heterocycles. The van der Waals surface area contributed by atoms with Crippen molar-refractivity contribution >= 4 is 25.8 Å². The number of hydrogen-bond acceptors (Lipinski definition) is 5. The summed E-state index contributed by atoms with van der Waals surface area (Å²) in [4.78, 5) is 10.7. The van der Waals surface area contributed by atoms with Gasteiger partial charge in [0.25, 0.3) is 0 Å². The third kappa shape index (κ3) is 11.2. The van der Waals surface area contributed by atoms with Crippen molar-refractivity contribution in [3.63, 3.8) is 0 Å². The van der Waals surface area contributed by atoms with Gasteiger partial charge in [-0.25, -0.2) is 21.6 Å². The van der Waals surface area contributed by atoms with Crippen molar-refractivity contribution in [3.8, 4) is 0 Å². The Morgan fingerprint density at radius 1 is 1.15 bits per heavy atom. The Bertz CT molecular complexity index is 509. The summed E-state index contributed by atoms with van der Waals surface area (Å²) in [5.74, 6) is -1.99. The molecule has 0 amide bonds. The Labute approximate surface area is 120 Å². The van der Waals surface area contributed by atoms with Crippen molar-refractivity contribution in [2.45, 2.75) is 26.7 Å². The van der Waals surface area contributed by atoms with E-state index in [1.165, 1.54) is 0 Å². The number of sulfone groups is 1. The van der Waals surface area contributed by atoms with Crippen LogP contribution >= 0.6 is 0 Å². The van der Waals surface area contributed by atoms with Crippen LogP contribution in [0.25, 0.3) is 0 Å². The molecular formula is C11H23NO6S2. The number of rotatable bonds is 10. The van der Waals surface area contributed by atoms with E-state index in [4.69, 9.17) is 5.11 Å². The zero-order chi connectivity index (χ0) is 16.0. The van der Waals surface area contributed by atoms with Crippen molar-refractivity contribution in [2.75, 3.05) is 24.3 Å². The fourth-order valence-corrected chi connectivity index (χ4v) is 4.45. The Morgan fingerprint density at radius 2 is 1.70 bits per heavy atom. The van der Waals surface area contributed by atoms with Crippen molar-refractivity contribution in [2.24, 2.45) is 11.8 Å². The van der Waals surface area contributed by atoms with E-state index in [2.05, 4.69) is 4.72 Å². The highest BCUT2D eigenvalue weighted by Crippen LogP contribution is 2.15. The van der Waals surface area contributed by atoms with Gasteiger partial charge in [-0.1, -0.05) is 13.8 Å². The van der Waals surface area contributed by atoms with Gasteiger partial charge in [0.05, 0.1) is 11.5 Å². The lowest BCUT2D eigenvalue weighted by molar-refractivity contribution is -0.138. The number of sulfonamides is 1. The number of carbonyl (C=O) groups is 1. The van der Waals surface area contributed by atoms with Gasteiger partial charge in [0.15, 0.2) is 0 Å². The van der Waals surface area contributed by atoms with E-state index in [1.807, 2.05) is 13.8 Å². The van der Waals surface area contributed by atoms with Crippen LogP contribution in [-0.2, 0) is 24.7 Å². The lowest BCUT2D eigenvalue weighted by Crippen LogP contribution is -2.34. The molecule has 120 valence electrons. The first kappa shape index (κ1) is 19.3. The summed E-state index contributed by atoms with van der Waals surface area (Å²) in [5, 5.41) is 8.78. The molecule has 0 aromatic carbocycles. The van der Waals surface area contributed by atoms with E-state index in [9.17, 15) is 21.6 Å². The van der Waals surface area contributed by atoms with Gasteiger partial charge in [-0.05, 0) is 18.3 Å². The Morgan fingerprint density at radius 3 is 2.10 bits per heavy atom. The number of aliphatic carboxylic acids is 1. The number of nitrogens with one attached hydrogen (secondary N) is 1. The van der Waals surface area contributed by atoms with Gasteiger partial charge < -0.3 is 5.11 Å². The summed E-state index contributed by atoms with van der Waals surface area (Å²) in [6.07, 6.45) is 1.43. The van der Waals surface area contributed by atoms with E-state index >= 15 is 0 Å². The van der Waals surface area contributed by atoms with Gasteiger partial charge in [-0.15, -0.1) is 0 Å². The maximum atomic E-state index is 11.6. The molecule has 0 rings (SSSR count). The van der Waals surface area contributed by atoms with Crippen molar-refractivity contribution in [3.05, 3.63) is 0 Å². The molecule has 0 spiro atoms. The second-order valence-electron chi connectivity index (χ2n) is 5.39. The maximum Gasteiger partial charge on any atom is 0.303 e. The molecule has 0 fully saturated rings. The molecule has 0 aliphatic rings. The fourth-order valence-electron chi connectivity index (χ4n) is 1.73. The maximum absolute atomic E-state index is 11.6. The third-order valence-corrected chi connectivity index (χ3v) is 5.14. The Balaban J connectivity index is 4.48. The summed E-state index contributed by atoms with van der Waals surface area (Å²) in [6.45, 7) is 3.86. The lowest BCUT2D eigenvalue weighted by atomic mass is 9.94. The summed E-state index contributed by atoms with van der Waals surface area (Å²) in [6, 6.07) is 0. The van der Waals surface area contributed by atoms with E-state index < -0.39 is 37.3 Å². The van der Waals surface area contributed by atoms with Gasteiger partial charge in [0, 0.05) is 19.2 Å². The van der Waals surface area contributed by atoms with Gasteiger partial charge in [-0.2, -0.15) is 0 Å². The highest BCUT2D eigenvalue weighted by atomic mass is 32.2. The number of carboxylic acids is 1. The molecule has 0 saturated heterocycles. The smallest absolute Gasteiger partial charge is 0.303 e. The SMILES string of the molecule is CC(C)C[C@H](CNS(=O)(=O)CCS(C)(=O)=O)CC(=O)O. The largest absolute Gasteiger partial charge is 0.481 e. The predicted molar refractivity (Wildman–Crippen MR) is 76.7 cm³/mol. The summed E-state index contributed by atoms with van der Waals surface area (Å²) >= 11 is 0. The van der Waals surface area contributed by atoms with E-state index in [-0.39, 0.29) is 24.8 Å². The minimum absolute atomic E-state index is 0.0105. The molecule has 1 atom stereocenters. The first-order chi connectivity index (χ1) is 8.91. The standard InChI is InChI=1S/C11H23NO6S2/c1-9(2)6-10(7-11(13)14)8-12-20(17,18)5-4-19(3,15)16/h9-10,12H,4-8H2,1-3H3,(H,13,14)/t10-/m0/s1.